The number of anilines is 1. The van der Waals surface area contributed by atoms with Crippen molar-refractivity contribution in [2.75, 3.05) is 11.4 Å². The molecule has 0 fully saturated rings. The molecule has 0 radical (unpaired) electrons. The Morgan fingerprint density at radius 3 is 2.46 bits per heavy atom. The van der Waals surface area contributed by atoms with Crippen molar-refractivity contribution in [1.29, 1.82) is 0 Å². The van der Waals surface area contributed by atoms with E-state index in [0.717, 1.165) is 35.2 Å². The van der Waals surface area contributed by atoms with Crippen LogP contribution >= 0.6 is 0 Å². The van der Waals surface area contributed by atoms with Gasteiger partial charge < -0.3 is 19.3 Å². The number of fused-ring (bicyclic) bond motifs is 3. The average Bonchev–Trinajstić information content (AvgIpc) is 2.71. The Bertz CT molecular complexity index is 1350. The monoisotopic (exact) mass is 537 g/mol. The van der Waals surface area contributed by atoms with Crippen LogP contribution in [0.4, 0.5) is 5.69 Å². The number of unbranched alkanes of at least 4 members (excludes halogenated alkanes) is 2. The van der Waals surface area contributed by atoms with E-state index in [-0.39, 0.29) is 53.7 Å². The average molecular weight is 538 g/mol. The number of hydrogen-bond acceptors (Lipinski definition) is 7. The summed E-state index contributed by atoms with van der Waals surface area (Å²) in [6.07, 6.45) is 6.27. The number of carbonyl (C=O) groups excluding carboxylic acids is 1. The fourth-order valence-corrected chi connectivity index (χ4v) is 6.20. The summed E-state index contributed by atoms with van der Waals surface area (Å²) >= 11 is 0. The number of carboxylic acid groups (broad SMARTS) is 1. The van der Waals surface area contributed by atoms with Gasteiger partial charge in [0.25, 0.3) is 0 Å². The van der Waals surface area contributed by atoms with Crippen LogP contribution in [0.25, 0.3) is 11.6 Å². The van der Waals surface area contributed by atoms with E-state index < -0.39 is 32.2 Å². The molecule has 2 heterocycles. The van der Waals surface area contributed by atoms with Crippen molar-refractivity contribution in [2.24, 2.45) is 5.41 Å². The Morgan fingerprint density at radius 2 is 1.84 bits per heavy atom. The number of aliphatic carboxylic acids is 1. The largest absolute Gasteiger partial charge is 1.00 e. The fraction of sp³-hybridized carbons (Fsp3) is 0.481. The zero-order chi connectivity index (χ0) is 26.6. The minimum absolute atomic E-state index is 0. The maximum Gasteiger partial charge on any atom is 1.00 e. The predicted molar refractivity (Wildman–Crippen MR) is 136 cm³/mol. The quantitative estimate of drug-likeness (QED) is 0.318. The number of hydrogen-bond donors (Lipinski definition) is 1. The van der Waals surface area contributed by atoms with Crippen molar-refractivity contribution in [3.8, 4) is 5.75 Å². The molecule has 0 spiro atoms. The van der Waals surface area contributed by atoms with E-state index in [1.165, 1.54) is 0 Å². The van der Waals surface area contributed by atoms with Gasteiger partial charge in [-0.2, -0.15) is 0 Å². The number of rotatable bonds is 7. The van der Waals surface area contributed by atoms with Crippen LogP contribution in [0, 0.1) is 5.41 Å². The van der Waals surface area contributed by atoms with Crippen molar-refractivity contribution in [3.63, 3.8) is 0 Å². The molecule has 8 nitrogen and oxygen atoms in total. The molecular formula is C27H32NNaO7S. The van der Waals surface area contributed by atoms with E-state index in [9.17, 15) is 22.6 Å². The summed E-state index contributed by atoms with van der Waals surface area (Å²) in [7, 11) is -5.02. The van der Waals surface area contributed by atoms with Crippen LogP contribution in [0.15, 0.2) is 34.4 Å². The van der Waals surface area contributed by atoms with Crippen LogP contribution in [-0.4, -0.2) is 41.9 Å². The van der Waals surface area contributed by atoms with Crippen molar-refractivity contribution in [3.05, 3.63) is 45.6 Å². The molecule has 0 atom stereocenters. The molecule has 2 aliphatic heterocycles. The molecule has 0 bridgehead atoms. The van der Waals surface area contributed by atoms with Crippen molar-refractivity contribution in [2.45, 2.75) is 72.3 Å². The second kappa shape index (κ2) is 10.3. The predicted octanol–water partition coefficient (Wildman–Crippen LogP) is 1.87. The smallest absolute Gasteiger partial charge is 0.744 e. The van der Waals surface area contributed by atoms with Crippen molar-refractivity contribution >= 4 is 39.2 Å². The summed E-state index contributed by atoms with van der Waals surface area (Å²) in [4.78, 5) is 24.9. The molecule has 1 aliphatic carbocycles. The summed E-state index contributed by atoms with van der Waals surface area (Å²) in [5.74, 6) is -1.31. The van der Waals surface area contributed by atoms with Gasteiger partial charge in [-0.15, -0.1) is 0 Å². The maximum atomic E-state index is 12.7. The number of carboxylic acids is 1. The van der Waals surface area contributed by atoms with Gasteiger partial charge in [-0.05, 0) is 51.3 Å². The molecule has 37 heavy (non-hydrogen) atoms. The van der Waals surface area contributed by atoms with E-state index in [1.54, 1.807) is 0 Å². The number of Topliss-reactive ketones (excluding diaryl/α,β-unsaturated/α-hetero) is 1. The Morgan fingerprint density at radius 1 is 1.16 bits per heavy atom. The first-order valence-electron chi connectivity index (χ1n) is 12.1. The SMILES string of the molecule is CC1=CC(C)(C)N(CCCCCC(=O)O)c2cc3c(cc21)C=C1C(=C(S(=O)(=O)[O-])C(=O)CC1(C)C)O3.[Na+]. The molecule has 194 valence electrons. The first kappa shape index (κ1) is 29.6. The molecule has 0 saturated heterocycles. The summed E-state index contributed by atoms with van der Waals surface area (Å²) in [6.45, 7) is 10.6. The summed E-state index contributed by atoms with van der Waals surface area (Å²) in [5.41, 5.74) is 3.29. The number of ether oxygens (including phenoxy) is 1. The second-order valence-electron chi connectivity index (χ2n) is 11.0. The van der Waals surface area contributed by atoms with E-state index in [2.05, 4.69) is 24.8 Å². The molecule has 1 aromatic rings. The van der Waals surface area contributed by atoms with Crippen molar-refractivity contribution in [1.82, 2.24) is 0 Å². The zero-order valence-corrected chi connectivity index (χ0v) is 25.1. The maximum absolute atomic E-state index is 12.7. The van der Waals surface area contributed by atoms with Gasteiger partial charge in [-0.3, -0.25) is 9.59 Å². The number of nitrogens with zero attached hydrogens (tertiary/aromatic N) is 1. The molecule has 0 saturated carbocycles. The molecule has 4 rings (SSSR count). The Hall–Kier alpha value is -1.91. The van der Waals surface area contributed by atoms with E-state index in [4.69, 9.17) is 9.84 Å². The third-order valence-electron chi connectivity index (χ3n) is 7.18. The third kappa shape index (κ3) is 5.76. The van der Waals surface area contributed by atoms with Crippen molar-refractivity contribution < 1.29 is 62.0 Å². The minimum atomic E-state index is -5.02. The number of carbonyl (C=O) groups is 2. The Labute approximate surface area is 240 Å². The van der Waals surface area contributed by atoms with Crippen LogP contribution in [0.5, 0.6) is 5.75 Å². The zero-order valence-electron chi connectivity index (χ0n) is 22.3. The summed E-state index contributed by atoms with van der Waals surface area (Å²) in [5, 5.41) is 8.90. The summed E-state index contributed by atoms with van der Waals surface area (Å²) in [6, 6.07) is 3.85. The molecule has 3 aliphatic rings. The van der Waals surface area contributed by atoms with E-state index >= 15 is 0 Å². The molecular weight excluding hydrogens is 505 g/mol. The normalized spacial score (nSPS) is 19.5. The van der Waals surface area contributed by atoms with Crippen LogP contribution in [-0.2, 0) is 19.7 Å². The fourth-order valence-electron chi connectivity index (χ4n) is 5.47. The number of ketones is 1. The van der Waals surface area contributed by atoms with Crippen LogP contribution < -0.4 is 39.2 Å². The van der Waals surface area contributed by atoms with Gasteiger partial charge in [0, 0.05) is 53.3 Å². The molecule has 0 aromatic heterocycles. The van der Waals surface area contributed by atoms with Gasteiger partial charge >= 0.3 is 35.5 Å². The number of benzene rings is 1. The third-order valence-corrected chi connectivity index (χ3v) is 8.09. The van der Waals surface area contributed by atoms with E-state index in [1.807, 2.05) is 39.0 Å². The van der Waals surface area contributed by atoms with Crippen LogP contribution in [0.2, 0.25) is 0 Å². The molecule has 1 aromatic carbocycles. The second-order valence-corrected chi connectivity index (χ2v) is 12.3. The van der Waals surface area contributed by atoms with E-state index in [0.29, 0.717) is 24.3 Å². The first-order chi connectivity index (χ1) is 16.6. The number of allylic oxidation sites excluding steroid dienone is 3. The van der Waals surface area contributed by atoms with Gasteiger partial charge in [0.05, 0.1) is 5.54 Å². The minimum Gasteiger partial charge on any atom is -0.744 e. The Kier molecular flexibility index (Phi) is 8.28. The van der Waals surface area contributed by atoms with Gasteiger partial charge in [-0.25, -0.2) is 8.42 Å². The summed E-state index contributed by atoms with van der Waals surface area (Å²) < 4.78 is 42.1. The topological polar surface area (TPSA) is 124 Å². The molecule has 1 N–H and O–H groups in total. The molecule has 0 unspecified atom stereocenters. The van der Waals surface area contributed by atoms with Gasteiger partial charge in [0.15, 0.2) is 11.5 Å². The van der Waals surface area contributed by atoms with Gasteiger partial charge in [0.2, 0.25) is 0 Å². The van der Waals surface area contributed by atoms with Gasteiger partial charge in [0.1, 0.15) is 20.8 Å². The van der Waals surface area contributed by atoms with Gasteiger partial charge in [-0.1, -0.05) is 26.3 Å². The van der Waals surface area contributed by atoms with Crippen LogP contribution in [0.3, 0.4) is 0 Å². The molecule has 10 heteroatoms. The Balaban J connectivity index is 0.00000380. The standard InChI is InChI=1S/C27H33NO7S.Na/c1-16-14-27(4,5)28(10-8-6-7-9-23(30)31)20-13-22-17(11-18(16)20)12-19-24(35-22)25(36(32,33)34)21(29)15-26(19,2)3;/h11-14H,6-10,15H2,1-5H3,(H,30,31)(H,32,33,34);/q;+1/p-1. The molecule has 0 amide bonds. The van der Waals surface area contributed by atoms with Crippen LogP contribution in [0.1, 0.15) is 77.8 Å². The first-order valence-corrected chi connectivity index (χ1v) is 13.5.